The average molecular weight is 488 g/mol. The minimum Gasteiger partial charge on any atom is -0.342 e. The van der Waals surface area contributed by atoms with E-state index in [0.29, 0.717) is 23.5 Å². The Morgan fingerprint density at radius 3 is 2.75 bits per heavy atom. The van der Waals surface area contributed by atoms with E-state index >= 15 is 0 Å². The fraction of sp³-hybridized carbons (Fsp3) is 0.400. The highest BCUT2D eigenvalue weighted by Gasteiger charge is 2.27. The van der Waals surface area contributed by atoms with E-state index in [1.165, 1.54) is 11.9 Å². The van der Waals surface area contributed by atoms with Crippen molar-refractivity contribution in [2.45, 2.75) is 57.9 Å². The molecule has 1 amide bonds. The van der Waals surface area contributed by atoms with Crippen molar-refractivity contribution in [3.05, 3.63) is 59.6 Å². The van der Waals surface area contributed by atoms with Gasteiger partial charge in [-0.2, -0.15) is 15.1 Å². The summed E-state index contributed by atoms with van der Waals surface area (Å²) in [5.41, 5.74) is 2.82. The lowest BCUT2D eigenvalue weighted by molar-refractivity contribution is 0.0921. The maximum absolute atomic E-state index is 12.9. The molecule has 2 N–H and O–H groups in total. The van der Waals surface area contributed by atoms with Crippen LogP contribution in [0, 0.1) is 0 Å². The maximum Gasteiger partial charge on any atom is 0.293 e. The van der Waals surface area contributed by atoms with Gasteiger partial charge in [0.05, 0.1) is 6.04 Å². The number of nitrogens with one attached hydrogen (secondary N) is 2. The largest absolute Gasteiger partial charge is 0.342 e. The molecule has 0 fully saturated rings. The zero-order chi connectivity index (χ0) is 25.3. The third-order valence-electron chi connectivity index (χ3n) is 6.07. The van der Waals surface area contributed by atoms with Crippen LogP contribution in [0.25, 0.3) is 11.4 Å². The fourth-order valence-electron chi connectivity index (χ4n) is 4.21. The molecule has 1 atom stereocenters. The van der Waals surface area contributed by atoms with Gasteiger partial charge in [-0.25, -0.2) is 9.97 Å². The molecule has 1 aromatic carbocycles. The van der Waals surface area contributed by atoms with Gasteiger partial charge >= 0.3 is 0 Å². The highest BCUT2D eigenvalue weighted by atomic mass is 16.5. The second kappa shape index (κ2) is 9.48. The molecule has 11 heteroatoms. The molecule has 0 spiro atoms. The maximum atomic E-state index is 12.9. The number of hydrogen-bond donors (Lipinski definition) is 2. The van der Waals surface area contributed by atoms with Crippen molar-refractivity contribution in [2.75, 3.05) is 5.32 Å². The van der Waals surface area contributed by atoms with Gasteiger partial charge in [0.25, 0.3) is 11.7 Å². The van der Waals surface area contributed by atoms with Gasteiger partial charge in [-0.05, 0) is 36.5 Å². The molecule has 36 heavy (non-hydrogen) atoms. The number of fused-ring (bicyclic) bond motifs is 1. The monoisotopic (exact) mass is 487 g/mol. The lowest BCUT2D eigenvalue weighted by atomic mass is 9.96. The van der Waals surface area contributed by atoms with Crippen molar-refractivity contribution in [2.24, 2.45) is 7.05 Å². The molecule has 4 aromatic rings. The Labute approximate surface area is 208 Å². The summed E-state index contributed by atoms with van der Waals surface area (Å²) in [6.45, 7) is 5.89. The van der Waals surface area contributed by atoms with Crippen molar-refractivity contribution in [3.63, 3.8) is 0 Å². The topological polar surface area (TPSA) is 137 Å². The van der Waals surface area contributed by atoms with Crippen molar-refractivity contribution in [3.8, 4) is 11.4 Å². The third kappa shape index (κ3) is 5.09. The molecule has 3 heterocycles. The molecule has 11 nitrogen and oxygen atoms in total. The molecule has 0 saturated heterocycles. The fourth-order valence-corrected chi connectivity index (χ4v) is 4.21. The number of aryl methyl sites for hydroxylation is 2. The van der Waals surface area contributed by atoms with Crippen LogP contribution in [0.15, 0.2) is 41.3 Å². The summed E-state index contributed by atoms with van der Waals surface area (Å²) in [6.07, 6.45) is 7.11. The summed E-state index contributed by atoms with van der Waals surface area (Å²) in [7, 11) is 1.85. The minimum atomic E-state index is -0.334. The number of rotatable bonds is 5. The predicted molar refractivity (Wildman–Crippen MR) is 133 cm³/mol. The minimum absolute atomic E-state index is 0.0560. The first-order chi connectivity index (χ1) is 17.3. The van der Waals surface area contributed by atoms with E-state index in [1.807, 2.05) is 52.2 Å². The molecule has 3 aromatic heterocycles. The van der Waals surface area contributed by atoms with Crippen LogP contribution in [0.3, 0.4) is 0 Å². The van der Waals surface area contributed by atoms with E-state index in [2.05, 4.69) is 46.9 Å². The first kappa shape index (κ1) is 23.6. The van der Waals surface area contributed by atoms with Gasteiger partial charge in [0.15, 0.2) is 11.6 Å². The zero-order valence-corrected chi connectivity index (χ0v) is 20.8. The molecule has 5 rings (SSSR count). The lowest BCUT2D eigenvalue weighted by Crippen LogP contribution is -2.29. The average Bonchev–Trinajstić information content (AvgIpc) is 3.46. The molecule has 1 aliphatic carbocycles. The predicted octanol–water partition coefficient (Wildman–Crippen LogP) is 3.89. The van der Waals surface area contributed by atoms with Crippen LogP contribution < -0.4 is 10.6 Å². The van der Waals surface area contributed by atoms with Crippen molar-refractivity contribution < 1.29 is 9.32 Å². The van der Waals surface area contributed by atoms with E-state index in [9.17, 15) is 4.79 Å². The molecular formula is C25H29N9O2. The standard InChI is InChI=1S/C25H29N9O2/c1-25(2,3)23-30-21(33-36-23)22(35)28-18-8-6-5-7-15-13-16(9-10-17(15)18)20-26-14-27-24(31-20)29-19-11-12-34(4)32-19/h9-14,18H,5-8H2,1-4H3,(H,28,35)(H,26,27,29,31,32)/t18-/m0/s1. The van der Waals surface area contributed by atoms with Crippen molar-refractivity contribution in [1.82, 2.24) is 40.2 Å². The Balaban J connectivity index is 1.36. The normalized spacial score (nSPS) is 15.7. The van der Waals surface area contributed by atoms with Gasteiger partial charge < -0.3 is 15.2 Å². The van der Waals surface area contributed by atoms with Gasteiger partial charge in [0.2, 0.25) is 11.8 Å². The Kier molecular flexibility index (Phi) is 6.21. The van der Waals surface area contributed by atoms with Gasteiger partial charge in [0, 0.05) is 30.3 Å². The quantitative estimate of drug-likeness (QED) is 0.402. The Hall–Kier alpha value is -4.15. The number of anilines is 2. The zero-order valence-electron chi connectivity index (χ0n) is 20.8. The van der Waals surface area contributed by atoms with Crippen LogP contribution in [0.5, 0.6) is 0 Å². The van der Waals surface area contributed by atoms with Crippen molar-refractivity contribution in [1.29, 1.82) is 0 Å². The second-order valence-corrected chi connectivity index (χ2v) is 9.99. The van der Waals surface area contributed by atoms with E-state index in [-0.39, 0.29) is 23.2 Å². The van der Waals surface area contributed by atoms with Crippen LogP contribution in [0.1, 0.15) is 73.7 Å². The number of amides is 1. The summed E-state index contributed by atoms with van der Waals surface area (Å²) in [4.78, 5) is 30.4. The van der Waals surface area contributed by atoms with Crippen LogP contribution >= 0.6 is 0 Å². The van der Waals surface area contributed by atoms with E-state index < -0.39 is 0 Å². The van der Waals surface area contributed by atoms with Crippen LogP contribution in [-0.2, 0) is 18.9 Å². The Morgan fingerprint density at radius 2 is 2.00 bits per heavy atom. The van der Waals surface area contributed by atoms with E-state index in [4.69, 9.17) is 4.52 Å². The molecule has 0 unspecified atom stereocenters. The van der Waals surface area contributed by atoms with E-state index in [1.54, 1.807) is 4.68 Å². The van der Waals surface area contributed by atoms with Gasteiger partial charge in [-0.15, -0.1) is 0 Å². The molecule has 186 valence electrons. The highest BCUT2D eigenvalue weighted by molar-refractivity contribution is 5.90. The summed E-state index contributed by atoms with van der Waals surface area (Å²) in [5, 5.41) is 14.4. The molecule has 1 aliphatic rings. The van der Waals surface area contributed by atoms with Gasteiger partial charge in [-0.3, -0.25) is 9.48 Å². The van der Waals surface area contributed by atoms with Crippen LogP contribution in [-0.4, -0.2) is 40.8 Å². The van der Waals surface area contributed by atoms with Gasteiger partial charge in [-0.1, -0.05) is 44.5 Å². The summed E-state index contributed by atoms with van der Waals surface area (Å²) < 4.78 is 7.00. The molecule has 0 bridgehead atoms. The molecular weight excluding hydrogens is 458 g/mol. The highest BCUT2D eigenvalue weighted by Crippen LogP contribution is 2.32. The smallest absolute Gasteiger partial charge is 0.293 e. The second-order valence-electron chi connectivity index (χ2n) is 9.99. The third-order valence-corrected chi connectivity index (χ3v) is 6.07. The lowest BCUT2D eigenvalue weighted by Gasteiger charge is -2.19. The van der Waals surface area contributed by atoms with Crippen LogP contribution in [0.4, 0.5) is 11.8 Å². The van der Waals surface area contributed by atoms with Gasteiger partial charge in [0.1, 0.15) is 6.33 Å². The number of carbonyl (C=O) groups excluding carboxylic acids is 1. The number of hydrogen-bond acceptors (Lipinski definition) is 9. The Bertz CT molecular complexity index is 1390. The molecule has 0 radical (unpaired) electrons. The molecule has 0 aliphatic heterocycles. The molecule has 0 saturated carbocycles. The first-order valence-corrected chi connectivity index (χ1v) is 12.0. The summed E-state index contributed by atoms with van der Waals surface area (Å²) in [6, 6.07) is 7.84. The van der Waals surface area contributed by atoms with Crippen LogP contribution in [0.2, 0.25) is 0 Å². The first-order valence-electron chi connectivity index (χ1n) is 12.0. The number of benzene rings is 1. The number of aromatic nitrogens is 7. The Morgan fingerprint density at radius 1 is 1.14 bits per heavy atom. The summed E-state index contributed by atoms with van der Waals surface area (Å²) in [5.74, 6) is 1.81. The van der Waals surface area contributed by atoms with Crippen molar-refractivity contribution >= 4 is 17.7 Å². The number of carbonyl (C=O) groups is 1. The number of nitrogens with zero attached hydrogens (tertiary/aromatic N) is 7. The SMILES string of the molecule is Cn1ccc(Nc2ncnc(-c3ccc4c(c3)CCCC[C@@H]4NC(=O)c3noc(C(C)(C)C)n3)n2)n1. The summed E-state index contributed by atoms with van der Waals surface area (Å²) >= 11 is 0. The van der Waals surface area contributed by atoms with E-state index in [0.717, 1.165) is 36.8 Å².